The van der Waals surface area contributed by atoms with Gasteiger partial charge in [-0.05, 0) is 34.4 Å². The van der Waals surface area contributed by atoms with Gasteiger partial charge in [-0.25, -0.2) is 8.42 Å². The monoisotopic (exact) mass is 426 g/mol. The van der Waals surface area contributed by atoms with E-state index in [2.05, 4.69) is 15.5 Å². The number of aromatic amines is 1. The fourth-order valence-electron chi connectivity index (χ4n) is 2.92. The summed E-state index contributed by atoms with van der Waals surface area (Å²) in [6.07, 6.45) is 0. The Morgan fingerprint density at radius 2 is 1.90 bits per heavy atom. The summed E-state index contributed by atoms with van der Waals surface area (Å²) in [6.45, 7) is -0.323. The van der Waals surface area contributed by atoms with Crippen LogP contribution >= 0.6 is 11.3 Å². The Kier molecular flexibility index (Phi) is 5.18. The quantitative estimate of drug-likeness (QED) is 0.493. The molecule has 0 aliphatic carbocycles. The van der Waals surface area contributed by atoms with E-state index in [1.54, 1.807) is 35.6 Å². The number of carbonyl (C=O) groups excluding carboxylic acids is 1. The maximum absolute atomic E-state index is 12.8. The molecular formula is C20H18N4O3S2. The van der Waals surface area contributed by atoms with Crippen LogP contribution in [0.3, 0.4) is 0 Å². The zero-order valence-electron chi connectivity index (χ0n) is 15.5. The lowest BCUT2D eigenvalue weighted by Gasteiger charge is -2.17. The van der Waals surface area contributed by atoms with E-state index in [4.69, 9.17) is 0 Å². The third-order valence-corrected chi connectivity index (χ3v) is 7.13. The van der Waals surface area contributed by atoms with Crippen LogP contribution in [0.1, 0.15) is 0 Å². The molecule has 0 spiro atoms. The van der Waals surface area contributed by atoms with Crippen LogP contribution in [0.25, 0.3) is 21.3 Å². The minimum absolute atomic E-state index is 0.145. The molecule has 2 aromatic carbocycles. The topological polar surface area (TPSA) is 95.2 Å². The zero-order valence-corrected chi connectivity index (χ0v) is 17.1. The standard InChI is InChI=1S/C20H18N4O3S2/c1-24(29(26,27)16-9-8-14-5-2-3-6-15(14)11-16)13-20(25)21-19-12-17(22-23-19)18-7-4-10-28-18/h2-12H,13H2,1H3,(H2,21,22,23,25). The Bertz CT molecular complexity index is 1260. The van der Waals surface area contributed by atoms with Crippen molar-refractivity contribution in [3.8, 4) is 10.6 Å². The van der Waals surface area contributed by atoms with Crippen LogP contribution in [0.4, 0.5) is 5.82 Å². The summed E-state index contributed by atoms with van der Waals surface area (Å²) in [5.74, 6) is -0.129. The van der Waals surface area contributed by atoms with E-state index in [1.165, 1.54) is 7.05 Å². The Morgan fingerprint density at radius 1 is 1.10 bits per heavy atom. The highest BCUT2D eigenvalue weighted by atomic mass is 32.2. The van der Waals surface area contributed by atoms with Crippen LogP contribution in [-0.4, -0.2) is 42.4 Å². The SMILES string of the molecule is CN(CC(=O)Nc1cc(-c2cccs2)[nH]n1)S(=O)(=O)c1ccc2ccccc2c1. The summed E-state index contributed by atoms with van der Waals surface area (Å²) >= 11 is 1.55. The molecule has 0 aliphatic rings. The van der Waals surface area contributed by atoms with Crippen molar-refractivity contribution < 1.29 is 13.2 Å². The van der Waals surface area contributed by atoms with Gasteiger partial charge in [-0.3, -0.25) is 9.89 Å². The molecule has 148 valence electrons. The molecule has 4 rings (SSSR count). The number of sulfonamides is 1. The number of amides is 1. The average Bonchev–Trinajstić information content (AvgIpc) is 3.39. The first-order valence-electron chi connectivity index (χ1n) is 8.78. The third kappa shape index (κ3) is 4.07. The van der Waals surface area contributed by atoms with Crippen molar-refractivity contribution in [1.82, 2.24) is 14.5 Å². The fourth-order valence-corrected chi connectivity index (χ4v) is 4.78. The molecule has 0 saturated carbocycles. The van der Waals surface area contributed by atoms with E-state index < -0.39 is 15.9 Å². The first-order chi connectivity index (χ1) is 13.9. The van der Waals surface area contributed by atoms with Gasteiger partial charge in [0.15, 0.2) is 5.82 Å². The van der Waals surface area contributed by atoms with Gasteiger partial charge in [-0.1, -0.05) is 36.4 Å². The van der Waals surface area contributed by atoms with E-state index in [0.717, 1.165) is 25.6 Å². The second kappa shape index (κ2) is 7.78. The molecule has 7 nitrogen and oxygen atoms in total. The molecule has 2 N–H and O–H groups in total. The maximum Gasteiger partial charge on any atom is 0.243 e. The van der Waals surface area contributed by atoms with E-state index in [-0.39, 0.29) is 11.4 Å². The number of hydrogen-bond acceptors (Lipinski definition) is 5. The van der Waals surface area contributed by atoms with Crippen LogP contribution in [-0.2, 0) is 14.8 Å². The van der Waals surface area contributed by atoms with Gasteiger partial charge in [0.1, 0.15) is 0 Å². The first kappa shape index (κ1) is 19.3. The lowest BCUT2D eigenvalue weighted by Crippen LogP contribution is -2.35. The van der Waals surface area contributed by atoms with E-state index in [0.29, 0.717) is 5.82 Å². The summed E-state index contributed by atoms with van der Waals surface area (Å²) in [5, 5.41) is 13.3. The predicted molar refractivity (Wildman–Crippen MR) is 114 cm³/mol. The summed E-state index contributed by atoms with van der Waals surface area (Å²) < 4.78 is 26.7. The van der Waals surface area contributed by atoms with E-state index in [1.807, 2.05) is 41.8 Å². The number of carbonyl (C=O) groups is 1. The first-order valence-corrected chi connectivity index (χ1v) is 11.1. The Labute approximate surface area is 172 Å². The number of thiophene rings is 1. The number of fused-ring (bicyclic) bond motifs is 1. The number of benzene rings is 2. The molecule has 0 radical (unpaired) electrons. The number of likely N-dealkylation sites (N-methyl/N-ethyl adjacent to an activating group) is 1. The van der Waals surface area contributed by atoms with E-state index >= 15 is 0 Å². The van der Waals surface area contributed by atoms with Crippen LogP contribution in [0, 0.1) is 0 Å². The molecule has 4 aromatic rings. The summed E-state index contributed by atoms with van der Waals surface area (Å²) in [7, 11) is -2.42. The Hall–Kier alpha value is -3.01. The van der Waals surface area contributed by atoms with E-state index in [9.17, 15) is 13.2 Å². The minimum Gasteiger partial charge on any atom is -0.308 e. The highest BCUT2D eigenvalue weighted by Gasteiger charge is 2.23. The van der Waals surface area contributed by atoms with Crippen molar-refractivity contribution in [2.45, 2.75) is 4.90 Å². The lowest BCUT2D eigenvalue weighted by molar-refractivity contribution is -0.116. The minimum atomic E-state index is -3.80. The number of nitrogens with zero attached hydrogens (tertiary/aromatic N) is 2. The van der Waals surface area contributed by atoms with Crippen LogP contribution < -0.4 is 5.32 Å². The van der Waals surface area contributed by atoms with Crippen molar-refractivity contribution >= 4 is 43.9 Å². The van der Waals surface area contributed by atoms with Gasteiger partial charge in [-0.2, -0.15) is 9.40 Å². The van der Waals surface area contributed by atoms with Gasteiger partial charge in [-0.15, -0.1) is 11.3 Å². The number of nitrogens with one attached hydrogen (secondary N) is 2. The molecule has 0 saturated heterocycles. The Morgan fingerprint density at radius 3 is 2.66 bits per heavy atom. The molecular weight excluding hydrogens is 408 g/mol. The lowest BCUT2D eigenvalue weighted by atomic mass is 10.1. The summed E-state index contributed by atoms with van der Waals surface area (Å²) in [5.41, 5.74) is 0.785. The molecule has 9 heteroatoms. The van der Waals surface area contributed by atoms with Crippen molar-refractivity contribution in [2.24, 2.45) is 0 Å². The summed E-state index contributed by atoms with van der Waals surface area (Å²) in [4.78, 5) is 13.5. The summed E-state index contributed by atoms with van der Waals surface area (Å²) in [6, 6.07) is 18.0. The molecule has 1 amide bonds. The van der Waals surface area contributed by atoms with Gasteiger partial charge in [0, 0.05) is 13.1 Å². The third-order valence-electron chi connectivity index (χ3n) is 4.43. The second-order valence-corrected chi connectivity index (χ2v) is 9.45. The van der Waals surface area contributed by atoms with Crippen molar-refractivity contribution in [1.29, 1.82) is 0 Å². The molecule has 29 heavy (non-hydrogen) atoms. The highest BCUT2D eigenvalue weighted by molar-refractivity contribution is 7.89. The Balaban J connectivity index is 1.46. The number of hydrogen-bond donors (Lipinski definition) is 2. The fraction of sp³-hybridized carbons (Fsp3) is 0.100. The van der Waals surface area contributed by atoms with Crippen LogP contribution in [0.2, 0.25) is 0 Å². The predicted octanol–water partition coefficient (Wildman–Crippen LogP) is 3.55. The number of H-pyrrole nitrogens is 1. The molecule has 0 atom stereocenters. The number of aromatic nitrogens is 2. The van der Waals surface area contributed by atoms with Gasteiger partial charge < -0.3 is 5.32 Å². The van der Waals surface area contributed by atoms with Crippen LogP contribution in [0.15, 0.2) is 70.9 Å². The molecule has 0 fully saturated rings. The van der Waals surface area contributed by atoms with Gasteiger partial charge in [0.2, 0.25) is 15.9 Å². The zero-order chi connectivity index (χ0) is 20.4. The smallest absolute Gasteiger partial charge is 0.243 e. The van der Waals surface area contributed by atoms with Crippen molar-refractivity contribution in [3.05, 3.63) is 66.0 Å². The molecule has 2 heterocycles. The number of rotatable bonds is 6. The van der Waals surface area contributed by atoms with Gasteiger partial charge in [0.25, 0.3) is 0 Å². The van der Waals surface area contributed by atoms with Crippen molar-refractivity contribution in [2.75, 3.05) is 18.9 Å². The molecule has 0 aliphatic heterocycles. The largest absolute Gasteiger partial charge is 0.308 e. The second-order valence-electron chi connectivity index (χ2n) is 6.46. The maximum atomic E-state index is 12.8. The highest BCUT2D eigenvalue weighted by Crippen LogP contribution is 2.24. The van der Waals surface area contributed by atoms with Crippen molar-refractivity contribution in [3.63, 3.8) is 0 Å². The molecule has 0 unspecified atom stereocenters. The van der Waals surface area contributed by atoms with Gasteiger partial charge >= 0.3 is 0 Å². The molecule has 0 bridgehead atoms. The average molecular weight is 427 g/mol. The molecule has 2 aromatic heterocycles. The van der Waals surface area contributed by atoms with Crippen LogP contribution in [0.5, 0.6) is 0 Å². The normalized spacial score (nSPS) is 11.8. The van der Waals surface area contributed by atoms with Gasteiger partial charge in [0.05, 0.1) is 22.0 Å². The number of anilines is 1.